The van der Waals surface area contributed by atoms with Gasteiger partial charge in [-0.15, -0.1) is 23.1 Å². The molecule has 1 aromatic carbocycles. The Labute approximate surface area is 176 Å². The zero-order valence-corrected chi connectivity index (χ0v) is 17.1. The number of ether oxygens (including phenoxy) is 2. The van der Waals surface area contributed by atoms with E-state index in [1.165, 1.54) is 11.8 Å². The molecule has 2 aliphatic heterocycles. The van der Waals surface area contributed by atoms with Gasteiger partial charge >= 0.3 is 0 Å². The Balaban J connectivity index is 1.32. The van der Waals surface area contributed by atoms with E-state index in [9.17, 15) is 4.79 Å². The average Bonchev–Trinajstić information content (AvgIpc) is 3.52. The van der Waals surface area contributed by atoms with Gasteiger partial charge < -0.3 is 13.9 Å². The van der Waals surface area contributed by atoms with Crippen molar-refractivity contribution in [2.24, 2.45) is 5.10 Å². The van der Waals surface area contributed by atoms with E-state index in [2.05, 4.69) is 5.10 Å². The molecule has 4 heterocycles. The molecule has 0 saturated heterocycles. The zero-order chi connectivity index (χ0) is 19.6. The summed E-state index contributed by atoms with van der Waals surface area (Å²) >= 11 is 3.09. The van der Waals surface area contributed by atoms with E-state index in [1.807, 2.05) is 47.8 Å². The third kappa shape index (κ3) is 3.77. The second-order valence-electron chi connectivity index (χ2n) is 6.59. The van der Waals surface area contributed by atoms with E-state index in [-0.39, 0.29) is 17.7 Å². The zero-order valence-electron chi connectivity index (χ0n) is 15.4. The fourth-order valence-electron chi connectivity index (χ4n) is 3.36. The highest BCUT2D eigenvalue weighted by molar-refractivity contribution is 8.00. The largest absolute Gasteiger partial charge is 0.486 e. The molecular formula is C21H18N2O4S2. The van der Waals surface area contributed by atoms with Crippen LogP contribution in [0.15, 0.2) is 68.5 Å². The Kier molecular flexibility index (Phi) is 5.03. The van der Waals surface area contributed by atoms with Crippen molar-refractivity contribution in [1.82, 2.24) is 5.01 Å². The van der Waals surface area contributed by atoms with Gasteiger partial charge in [0.15, 0.2) is 11.5 Å². The van der Waals surface area contributed by atoms with Crippen LogP contribution in [-0.2, 0) is 4.79 Å². The number of carbonyl (C=O) groups is 1. The van der Waals surface area contributed by atoms with Crippen LogP contribution in [0, 0.1) is 0 Å². The van der Waals surface area contributed by atoms with Gasteiger partial charge in [0.25, 0.3) is 5.91 Å². The predicted molar refractivity (Wildman–Crippen MR) is 112 cm³/mol. The van der Waals surface area contributed by atoms with Crippen molar-refractivity contribution in [3.8, 4) is 11.5 Å². The van der Waals surface area contributed by atoms with Crippen molar-refractivity contribution in [2.75, 3.05) is 19.0 Å². The van der Waals surface area contributed by atoms with E-state index in [0.29, 0.717) is 19.6 Å². The average molecular weight is 427 g/mol. The summed E-state index contributed by atoms with van der Waals surface area (Å²) in [5.74, 6) is 2.43. The number of thiophene rings is 1. The number of benzene rings is 1. The van der Waals surface area contributed by atoms with Crippen LogP contribution in [0.25, 0.3) is 0 Å². The number of hydrazone groups is 1. The summed E-state index contributed by atoms with van der Waals surface area (Å²) in [7, 11) is 0. The molecule has 0 radical (unpaired) electrons. The third-order valence-electron chi connectivity index (χ3n) is 4.72. The summed E-state index contributed by atoms with van der Waals surface area (Å²) in [6.07, 6.45) is 2.28. The highest BCUT2D eigenvalue weighted by Gasteiger charge is 2.35. The highest BCUT2D eigenvalue weighted by atomic mass is 32.2. The van der Waals surface area contributed by atoms with Gasteiger partial charge in [0.1, 0.15) is 25.0 Å². The van der Waals surface area contributed by atoms with Crippen molar-refractivity contribution >= 4 is 34.7 Å². The lowest BCUT2D eigenvalue weighted by Gasteiger charge is -2.20. The quantitative estimate of drug-likeness (QED) is 0.559. The number of fused-ring (bicyclic) bond motifs is 1. The minimum atomic E-state index is -0.213. The molecule has 8 heteroatoms. The standard InChI is InChI=1S/C21H18N2O4S2/c24-21(13-29-14-5-6-18-19(11-14)27-9-8-26-18)23-16(17-3-1-7-25-17)12-15(22-23)20-4-2-10-28-20/h1-7,10-11,16H,8-9,12-13H2/t16-/m0/s1. The molecule has 0 aliphatic carbocycles. The molecule has 1 amide bonds. The maximum absolute atomic E-state index is 13.0. The van der Waals surface area contributed by atoms with Crippen molar-refractivity contribution < 1.29 is 18.7 Å². The second-order valence-corrected chi connectivity index (χ2v) is 8.59. The lowest BCUT2D eigenvalue weighted by atomic mass is 10.1. The molecule has 6 nitrogen and oxygen atoms in total. The molecule has 2 aliphatic rings. The van der Waals surface area contributed by atoms with Gasteiger partial charge in [-0.1, -0.05) is 6.07 Å². The fraction of sp³-hybridized carbons (Fsp3) is 0.238. The van der Waals surface area contributed by atoms with Crippen molar-refractivity contribution in [3.63, 3.8) is 0 Å². The van der Waals surface area contributed by atoms with Gasteiger partial charge in [-0.05, 0) is 41.8 Å². The van der Waals surface area contributed by atoms with Crippen LogP contribution >= 0.6 is 23.1 Å². The topological polar surface area (TPSA) is 64.3 Å². The first-order valence-electron chi connectivity index (χ1n) is 9.27. The van der Waals surface area contributed by atoms with Crippen LogP contribution in [0.4, 0.5) is 0 Å². The lowest BCUT2D eigenvalue weighted by molar-refractivity contribution is -0.130. The molecule has 3 aromatic rings. The summed E-state index contributed by atoms with van der Waals surface area (Å²) in [6.45, 7) is 1.10. The molecule has 0 N–H and O–H groups in total. The van der Waals surface area contributed by atoms with Crippen LogP contribution in [0.1, 0.15) is 23.1 Å². The number of rotatable bonds is 5. The summed E-state index contributed by atoms with van der Waals surface area (Å²) in [4.78, 5) is 15.1. The molecule has 2 aromatic heterocycles. The molecule has 0 saturated carbocycles. The number of furan rings is 1. The van der Waals surface area contributed by atoms with Gasteiger partial charge in [-0.25, -0.2) is 5.01 Å². The summed E-state index contributed by atoms with van der Waals surface area (Å²) in [6, 6.07) is 13.3. The fourth-order valence-corrected chi connectivity index (χ4v) is 4.86. The Morgan fingerprint density at radius 3 is 2.86 bits per heavy atom. The summed E-state index contributed by atoms with van der Waals surface area (Å²) < 4.78 is 16.8. The monoisotopic (exact) mass is 426 g/mol. The molecule has 29 heavy (non-hydrogen) atoms. The Hall–Kier alpha value is -2.71. The maximum atomic E-state index is 13.0. The second kappa shape index (κ2) is 7.96. The van der Waals surface area contributed by atoms with Gasteiger partial charge in [-0.3, -0.25) is 4.79 Å². The van der Waals surface area contributed by atoms with E-state index in [4.69, 9.17) is 13.9 Å². The number of nitrogens with zero attached hydrogens (tertiary/aromatic N) is 2. The van der Waals surface area contributed by atoms with Crippen LogP contribution in [-0.4, -0.2) is 35.6 Å². The molecule has 0 fully saturated rings. The van der Waals surface area contributed by atoms with Gasteiger partial charge in [0, 0.05) is 11.3 Å². The number of amides is 1. The minimum absolute atomic E-state index is 0.0576. The third-order valence-corrected chi connectivity index (χ3v) is 6.62. The first-order chi connectivity index (χ1) is 14.3. The normalized spacial score (nSPS) is 18.0. The Morgan fingerprint density at radius 1 is 1.17 bits per heavy atom. The number of thioether (sulfide) groups is 1. The number of hydrogen-bond acceptors (Lipinski definition) is 7. The van der Waals surface area contributed by atoms with Crippen LogP contribution < -0.4 is 9.47 Å². The predicted octanol–water partition coefficient (Wildman–Crippen LogP) is 4.58. The number of hydrogen-bond donors (Lipinski definition) is 0. The van der Waals surface area contributed by atoms with Gasteiger partial charge in [0.05, 0.1) is 22.6 Å². The SMILES string of the molecule is O=C(CSc1ccc2c(c1)OCCO2)N1N=C(c2cccs2)C[C@H]1c1ccco1. The molecular weight excluding hydrogens is 408 g/mol. The molecule has 5 rings (SSSR count). The van der Waals surface area contributed by atoms with Gasteiger partial charge in [0.2, 0.25) is 0 Å². The van der Waals surface area contributed by atoms with Crippen LogP contribution in [0.2, 0.25) is 0 Å². The minimum Gasteiger partial charge on any atom is -0.486 e. The lowest BCUT2D eigenvalue weighted by Crippen LogP contribution is -2.28. The van der Waals surface area contributed by atoms with E-state index in [0.717, 1.165) is 32.7 Å². The van der Waals surface area contributed by atoms with E-state index >= 15 is 0 Å². The van der Waals surface area contributed by atoms with E-state index in [1.54, 1.807) is 22.6 Å². The first-order valence-corrected chi connectivity index (χ1v) is 11.1. The van der Waals surface area contributed by atoms with Crippen molar-refractivity contribution in [2.45, 2.75) is 17.4 Å². The molecule has 0 bridgehead atoms. The Bertz CT molecular complexity index is 1030. The van der Waals surface area contributed by atoms with Crippen molar-refractivity contribution in [1.29, 1.82) is 0 Å². The summed E-state index contributed by atoms with van der Waals surface area (Å²) in [5, 5.41) is 8.23. The smallest absolute Gasteiger partial charge is 0.253 e. The van der Waals surface area contributed by atoms with Gasteiger partial charge in [-0.2, -0.15) is 5.10 Å². The summed E-state index contributed by atoms with van der Waals surface area (Å²) in [5.41, 5.74) is 0.916. The highest BCUT2D eigenvalue weighted by Crippen LogP contribution is 2.37. The number of carbonyl (C=O) groups excluding carboxylic acids is 1. The molecule has 148 valence electrons. The molecule has 0 spiro atoms. The molecule has 0 unspecified atom stereocenters. The van der Waals surface area contributed by atoms with Crippen LogP contribution in [0.3, 0.4) is 0 Å². The van der Waals surface area contributed by atoms with Crippen LogP contribution in [0.5, 0.6) is 11.5 Å². The van der Waals surface area contributed by atoms with Crippen molar-refractivity contribution in [3.05, 3.63) is 64.7 Å². The molecule has 1 atom stereocenters. The van der Waals surface area contributed by atoms with E-state index < -0.39 is 0 Å². The maximum Gasteiger partial charge on any atom is 0.253 e. The first kappa shape index (κ1) is 18.3. The Morgan fingerprint density at radius 2 is 2.07 bits per heavy atom.